The Morgan fingerprint density at radius 1 is 1.04 bits per heavy atom. The van der Waals surface area contributed by atoms with Crippen LogP contribution in [0.2, 0.25) is 0 Å². The molecule has 0 bridgehead atoms. The van der Waals surface area contributed by atoms with E-state index in [4.69, 9.17) is 0 Å². The molecule has 24 heavy (non-hydrogen) atoms. The molecule has 3 aromatic rings. The Hall–Kier alpha value is -2.38. The van der Waals surface area contributed by atoms with Crippen LogP contribution in [-0.2, 0) is 21.4 Å². The number of anilines is 1. The summed E-state index contributed by atoms with van der Waals surface area (Å²) in [7, 11) is -3.67. The molecule has 0 spiro atoms. The highest BCUT2D eigenvalue weighted by Crippen LogP contribution is 2.28. The summed E-state index contributed by atoms with van der Waals surface area (Å²) >= 11 is 1.14. The van der Waals surface area contributed by atoms with Gasteiger partial charge in [0.15, 0.2) is 0 Å². The molecule has 2 N–H and O–H groups in total. The number of benzene rings is 2. The van der Waals surface area contributed by atoms with Gasteiger partial charge in [-0.05, 0) is 23.6 Å². The number of carbonyl (C=O) groups is 1. The Labute approximate surface area is 144 Å². The molecule has 0 fully saturated rings. The van der Waals surface area contributed by atoms with Gasteiger partial charge in [-0.3, -0.25) is 9.52 Å². The van der Waals surface area contributed by atoms with Crippen LogP contribution in [0, 0.1) is 0 Å². The molecule has 0 aliphatic rings. The lowest BCUT2D eigenvalue weighted by molar-refractivity contribution is -0.119. The zero-order chi connectivity index (χ0) is 17.2. The third-order valence-corrected chi connectivity index (χ3v) is 6.39. The van der Waals surface area contributed by atoms with Gasteiger partial charge in [-0.25, -0.2) is 8.42 Å². The van der Waals surface area contributed by atoms with Crippen LogP contribution in [0.25, 0.3) is 10.8 Å². The van der Waals surface area contributed by atoms with Gasteiger partial charge in [0.25, 0.3) is 10.0 Å². The fourth-order valence-electron chi connectivity index (χ4n) is 2.32. The van der Waals surface area contributed by atoms with Crippen molar-refractivity contribution >= 4 is 43.7 Å². The van der Waals surface area contributed by atoms with Crippen LogP contribution in [0.1, 0.15) is 11.8 Å². The summed E-state index contributed by atoms with van der Waals surface area (Å²) in [5, 5.41) is 4.47. The van der Waals surface area contributed by atoms with Crippen molar-refractivity contribution in [3.63, 3.8) is 0 Å². The molecule has 7 heteroatoms. The summed E-state index contributed by atoms with van der Waals surface area (Å²) < 4.78 is 28.1. The summed E-state index contributed by atoms with van der Waals surface area (Å²) in [5.41, 5.74) is 0.546. The number of sulfonamides is 1. The largest absolute Gasteiger partial charge is 0.351 e. The van der Waals surface area contributed by atoms with E-state index < -0.39 is 10.0 Å². The Kier molecular flexibility index (Phi) is 4.55. The second-order valence-corrected chi connectivity index (χ2v) is 8.34. The smallest absolute Gasteiger partial charge is 0.271 e. The molecule has 0 atom stereocenters. The van der Waals surface area contributed by atoms with Gasteiger partial charge in [-0.2, -0.15) is 0 Å². The molecule has 0 unspecified atom stereocenters. The molecule has 0 radical (unpaired) electrons. The summed E-state index contributed by atoms with van der Waals surface area (Å²) in [6.07, 6.45) is 0. The second-order valence-electron chi connectivity index (χ2n) is 5.26. The number of fused-ring (bicyclic) bond motifs is 1. The first-order valence-corrected chi connectivity index (χ1v) is 9.59. The lowest BCUT2D eigenvalue weighted by Crippen LogP contribution is -2.18. The molecule has 0 aliphatic carbocycles. The minimum absolute atomic E-state index is 0.151. The van der Waals surface area contributed by atoms with E-state index in [0.717, 1.165) is 27.0 Å². The zero-order valence-electron chi connectivity index (χ0n) is 12.9. The SMILES string of the molecule is CC(=O)NCc1ccc(S(=O)(=O)Nc2cccc3ccccc23)s1. The van der Waals surface area contributed by atoms with E-state index in [2.05, 4.69) is 10.0 Å². The summed E-state index contributed by atoms with van der Waals surface area (Å²) in [6.45, 7) is 1.75. The van der Waals surface area contributed by atoms with Crippen molar-refractivity contribution in [3.8, 4) is 0 Å². The molecule has 0 saturated heterocycles. The normalized spacial score (nSPS) is 11.4. The van der Waals surface area contributed by atoms with Gasteiger partial charge in [0.2, 0.25) is 5.91 Å². The van der Waals surface area contributed by atoms with Crippen molar-refractivity contribution in [1.29, 1.82) is 0 Å². The van der Waals surface area contributed by atoms with Gasteiger partial charge in [-0.1, -0.05) is 36.4 Å². The minimum atomic E-state index is -3.67. The van der Waals surface area contributed by atoms with Gasteiger partial charge >= 0.3 is 0 Å². The number of rotatable bonds is 5. The number of nitrogens with one attached hydrogen (secondary N) is 2. The fraction of sp³-hybridized carbons (Fsp3) is 0.118. The number of amides is 1. The molecule has 0 aliphatic heterocycles. The van der Waals surface area contributed by atoms with E-state index in [9.17, 15) is 13.2 Å². The maximum atomic E-state index is 12.6. The van der Waals surface area contributed by atoms with E-state index in [1.807, 2.05) is 36.4 Å². The molecule has 1 heterocycles. The highest BCUT2D eigenvalue weighted by molar-refractivity contribution is 7.94. The molecular formula is C17H16N2O3S2. The third kappa shape index (κ3) is 3.58. The van der Waals surface area contributed by atoms with Crippen LogP contribution in [0.3, 0.4) is 0 Å². The second kappa shape index (κ2) is 6.62. The summed E-state index contributed by atoms with van der Waals surface area (Å²) in [4.78, 5) is 11.7. The average molecular weight is 360 g/mol. The van der Waals surface area contributed by atoms with E-state index in [1.165, 1.54) is 6.92 Å². The number of hydrogen-bond donors (Lipinski definition) is 2. The highest BCUT2D eigenvalue weighted by Gasteiger charge is 2.18. The Balaban J connectivity index is 1.87. The molecular weight excluding hydrogens is 344 g/mol. The van der Waals surface area contributed by atoms with Crippen LogP contribution in [0.15, 0.2) is 58.8 Å². The lowest BCUT2D eigenvalue weighted by atomic mass is 10.1. The first kappa shape index (κ1) is 16.5. The molecule has 1 amide bonds. The quantitative estimate of drug-likeness (QED) is 0.733. The van der Waals surface area contributed by atoms with Gasteiger partial charge in [0, 0.05) is 17.2 Å². The predicted octanol–water partition coefficient (Wildman–Crippen LogP) is 3.34. The lowest BCUT2D eigenvalue weighted by Gasteiger charge is -2.09. The monoisotopic (exact) mass is 360 g/mol. The Bertz CT molecular complexity index is 988. The fourth-order valence-corrected chi connectivity index (χ4v) is 4.69. The summed E-state index contributed by atoms with van der Waals surface area (Å²) in [5.74, 6) is -0.151. The van der Waals surface area contributed by atoms with Gasteiger partial charge in [0.1, 0.15) is 4.21 Å². The first-order valence-electron chi connectivity index (χ1n) is 7.29. The van der Waals surface area contributed by atoms with Crippen molar-refractivity contribution in [2.24, 2.45) is 0 Å². The van der Waals surface area contributed by atoms with Crippen LogP contribution in [0.4, 0.5) is 5.69 Å². The van der Waals surface area contributed by atoms with Gasteiger partial charge in [-0.15, -0.1) is 11.3 Å². The molecule has 2 aromatic carbocycles. The van der Waals surface area contributed by atoms with Crippen LogP contribution in [-0.4, -0.2) is 14.3 Å². The van der Waals surface area contributed by atoms with E-state index in [1.54, 1.807) is 18.2 Å². The van der Waals surface area contributed by atoms with Gasteiger partial charge < -0.3 is 5.32 Å². The number of hydrogen-bond acceptors (Lipinski definition) is 4. The number of thiophene rings is 1. The van der Waals surface area contributed by atoms with Gasteiger partial charge in [0.05, 0.1) is 12.2 Å². The predicted molar refractivity (Wildman–Crippen MR) is 96.6 cm³/mol. The van der Waals surface area contributed by atoms with E-state index >= 15 is 0 Å². The Morgan fingerprint density at radius 3 is 2.58 bits per heavy atom. The van der Waals surface area contributed by atoms with Crippen LogP contribution < -0.4 is 10.0 Å². The number of carbonyl (C=O) groups excluding carboxylic acids is 1. The van der Waals surface area contributed by atoms with Crippen LogP contribution in [0.5, 0.6) is 0 Å². The maximum Gasteiger partial charge on any atom is 0.271 e. The molecule has 3 rings (SSSR count). The van der Waals surface area contributed by atoms with Crippen LogP contribution >= 0.6 is 11.3 Å². The topological polar surface area (TPSA) is 75.3 Å². The molecule has 124 valence electrons. The van der Waals surface area contributed by atoms with Crippen molar-refractivity contribution < 1.29 is 13.2 Å². The molecule has 1 aromatic heterocycles. The average Bonchev–Trinajstić information content (AvgIpc) is 3.03. The van der Waals surface area contributed by atoms with E-state index in [0.29, 0.717) is 12.2 Å². The maximum absolute atomic E-state index is 12.6. The zero-order valence-corrected chi connectivity index (χ0v) is 14.6. The third-order valence-electron chi connectivity index (χ3n) is 3.45. The van der Waals surface area contributed by atoms with Crippen molar-refractivity contribution in [2.75, 3.05) is 4.72 Å². The molecule has 5 nitrogen and oxygen atoms in total. The Morgan fingerprint density at radius 2 is 1.79 bits per heavy atom. The molecule has 0 saturated carbocycles. The van der Waals surface area contributed by atoms with E-state index in [-0.39, 0.29) is 10.1 Å². The standard InChI is InChI=1S/C17H16N2O3S2/c1-12(20)18-11-14-9-10-17(23-14)24(21,22)19-16-8-4-6-13-5-2-3-7-15(13)16/h2-10,19H,11H2,1H3,(H,18,20). The van der Waals surface area contributed by atoms with Crippen molar-refractivity contribution in [3.05, 3.63) is 59.5 Å². The minimum Gasteiger partial charge on any atom is -0.351 e. The van der Waals surface area contributed by atoms with Crippen molar-refractivity contribution in [2.45, 2.75) is 17.7 Å². The highest BCUT2D eigenvalue weighted by atomic mass is 32.2. The first-order chi connectivity index (χ1) is 11.5. The van der Waals surface area contributed by atoms with Crippen molar-refractivity contribution in [1.82, 2.24) is 5.32 Å². The summed E-state index contributed by atoms with van der Waals surface area (Å²) in [6, 6.07) is 16.3.